The second-order valence-corrected chi connectivity index (χ2v) is 4.63. The summed E-state index contributed by atoms with van der Waals surface area (Å²) in [4.78, 5) is 26.0. The molecule has 0 saturated heterocycles. The van der Waals surface area contributed by atoms with Gasteiger partial charge in [-0.05, 0) is 24.3 Å². The molecule has 1 N–H and O–H groups in total. The molecule has 0 saturated carbocycles. The Kier molecular flexibility index (Phi) is 5.32. The minimum absolute atomic E-state index is 0.0387. The monoisotopic (exact) mass is 337 g/mol. The van der Waals surface area contributed by atoms with Crippen LogP contribution in [0.4, 0.5) is 11.4 Å². The summed E-state index contributed by atoms with van der Waals surface area (Å²) in [6.45, 7) is -0.418. The molecule has 120 valence electrons. The molecular formula is C14H12ClN3O5. The Balaban J connectivity index is 2.04. The van der Waals surface area contributed by atoms with E-state index in [0.29, 0.717) is 11.4 Å². The van der Waals surface area contributed by atoms with Crippen LogP contribution in [0.15, 0.2) is 36.5 Å². The van der Waals surface area contributed by atoms with Gasteiger partial charge >= 0.3 is 5.69 Å². The molecule has 1 amide bonds. The third kappa shape index (κ3) is 4.30. The first-order valence-electron chi connectivity index (χ1n) is 6.37. The smallest absolute Gasteiger partial charge is 0.314 e. The Morgan fingerprint density at radius 1 is 1.43 bits per heavy atom. The maximum Gasteiger partial charge on any atom is 0.314 e. The number of ether oxygens (including phenoxy) is 2. The highest BCUT2D eigenvalue weighted by Crippen LogP contribution is 2.31. The molecule has 9 heteroatoms. The average Bonchev–Trinajstić information content (AvgIpc) is 2.54. The summed E-state index contributed by atoms with van der Waals surface area (Å²) in [7, 11) is 1.39. The zero-order valence-corrected chi connectivity index (χ0v) is 12.7. The molecule has 0 radical (unpaired) electrons. The Labute approximate surface area is 136 Å². The van der Waals surface area contributed by atoms with Crippen molar-refractivity contribution >= 4 is 28.9 Å². The molecule has 0 fully saturated rings. The van der Waals surface area contributed by atoms with Gasteiger partial charge in [0.25, 0.3) is 5.91 Å². The molecule has 8 nitrogen and oxygen atoms in total. The molecule has 0 aliphatic carbocycles. The SMILES string of the molecule is COc1ccc(OCC(=O)Nc2cccnc2Cl)c([N+](=O)[O-])c1. The molecule has 1 aromatic heterocycles. The molecule has 1 aromatic carbocycles. The number of halogens is 1. The summed E-state index contributed by atoms with van der Waals surface area (Å²) in [5, 5.41) is 13.6. The van der Waals surface area contributed by atoms with Gasteiger partial charge in [-0.25, -0.2) is 4.98 Å². The van der Waals surface area contributed by atoms with Crippen LogP contribution in [-0.2, 0) is 4.79 Å². The lowest BCUT2D eigenvalue weighted by atomic mass is 10.3. The summed E-state index contributed by atoms with van der Waals surface area (Å²) in [6.07, 6.45) is 1.48. The standard InChI is InChI=1S/C14H12ClN3O5/c1-22-9-4-5-12(11(7-9)18(20)21)23-8-13(19)17-10-3-2-6-16-14(10)15/h2-7H,8H2,1H3,(H,17,19). The number of nitro benzene ring substituents is 1. The molecule has 0 bridgehead atoms. The number of nitrogens with one attached hydrogen (secondary N) is 1. The third-order valence-electron chi connectivity index (χ3n) is 2.75. The number of anilines is 1. The Morgan fingerprint density at radius 2 is 2.22 bits per heavy atom. The maximum absolute atomic E-state index is 11.8. The van der Waals surface area contributed by atoms with Crippen LogP contribution in [0.25, 0.3) is 0 Å². The number of aromatic nitrogens is 1. The molecule has 0 aliphatic heterocycles. The number of hydrogen-bond donors (Lipinski definition) is 1. The number of nitrogens with zero attached hydrogens (tertiary/aromatic N) is 2. The first-order valence-corrected chi connectivity index (χ1v) is 6.74. The fourth-order valence-corrected chi connectivity index (χ4v) is 1.86. The van der Waals surface area contributed by atoms with Crippen molar-refractivity contribution in [1.82, 2.24) is 4.98 Å². The van der Waals surface area contributed by atoms with Gasteiger partial charge in [-0.1, -0.05) is 11.6 Å². The molecular weight excluding hydrogens is 326 g/mol. The lowest BCUT2D eigenvalue weighted by Crippen LogP contribution is -2.20. The number of hydrogen-bond acceptors (Lipinski definition) is 6. The quantitative estimate of drug-likeness (QED) is 0.493. The van der Waals surface area contributed by atoms with Crippen molar-refractivity contribution in [2.24, 2.45) is 0 Å². The topological polar surface area (TPSA) is 104 Å². The number of nitro groups is 1. The van der Waals surface area contributed by atoms with Gasteiger partial charge in [-0.3, -0.25) is 14.9 Å². The van der Waals surface area contributed by atoms with Crippen molar-refractivity contribution in [1.29, 1.82) is 0 Å². The maximum atomic E-state index is 11.8. The van der Waals surface area contributed by atoms with Crippen molar-refractivity contribution < 1.29 is 19.2 Å². The highest BCUT2D eigenvalue weighted by molar-refractivity contribution is 6.32. The van der Waals surface area contributed by atoms with E-state index in [-0.39, 0.29) is 16.6 Å². The lowest BCUT2D eigenvalue weighted by molar-refractivity contribution is -0.385. The number of carbonyl (C=O) groups excluding carboxylic acids is 1. The summed E-state index contributed by atoms with van der Waals surface area (Å²) < 4.78 is 10.1. The summed E-state index contributed by atoms with van der Waals surface area (Å²) in [5.74, 6) is -0.246. The van der Waals surface area contributed by atoms with E-state index in [4.69, 9.17) is 21.1 Å². The van der Waals surface area contributed by atoms with Crippen LogP contribution < -0.4 is 14.8 Å². The van der Waals surface area contributed by atoms with Crippen LogP contribution >= 0.6 is 11.6 Å². The van der Waals surface area contributed by atoms with Gasteiger partial charge in [0.2, 0.25) is 0 Å². The normalized spacial score (nSPS) is 10.0. The molecule has 2 rings (SSSR count). The van der Waals surface area contributed by atoms with Crippen molar-refractivity contribution in [3.63, 3.8) is 0 Å². The lowest BCUT2D eigenvalue weighted by Gasteiger charge is -2.09. The largest absolute Gasteiger partial charge is 0.496 e. The van der Waals surface area contributed by atoms with Gasteiger partial charge in [0, 0.05) is 6.20 Å². The summed E-state index contributed by atoms with van der Waals surface area (Å²) in [6, 6.07) is 7.25. The van der Waals surface area contributed by atoms with Crippen LogP contribution in [0, 0.1) is 10.1 Å². The van der Waals surface area contributed by atoms with Crippen LogP contribution in [0.5, 0.6) is 11.5 Å². The highest BCUT2D eigenvalue weighted by atomic mass is 35.5. The number of rotatable bonds is 6. The van der Waals surface area contributed by atoms with Crippen LogP contribution in [-0.4, -0.2) is 29.5 Å². The summed E-state index contributed by atoms with van der Waals surface area (Å²) in [5.41, 5.74) is 0.0311. The number of pyridine rings is 1. The van der Waals surface area contributed by atoms with Crippen LogP contribution in [0.2, 0.25) is 5.15 Å². The fraction of sp³-hybridized carbons (Fsp3) is 0.143. The molecule has 2 aromatic rings. The van der Waals surface area contributed by atoms with Gasteiger partial charge in [-0.2, -0.15) is 0 Å². The van der Waals surface area contributed by atoms with Crippen LogP contribution in [0.1, 0.15) is 0 Å². The minimum atomic E-state index is -0.617. The van der Waals surface area contributed by atoms with Gasteiger partial charge in [0.15, 0.2) is 17.5 Å². The zero-order chi connectivity index (χ0) is 16.8. The third-order valence-corrected chi connectivity index (χ3v) is 3.06. The molecule has 0 unspecified atom stereocenters. The number of methoxy groups -OCH3 is 1. The van der Waals surface area contributed by atoms with Crippen molar-refractivity contribution in [2.75, 3.05) is 19.0 Å². The van der Waals surface area contributed by atoms with E-state index >= 15 is 0 Å². The van der Waals surface area contributed by atoms with Crippen molar-refractivity contribution in [3.8, 4) is 11.5 Å². The summed E-state index contributed by atoms with van der Waals surface area (Å²) >= 11 is 5.82. The van der Waals surface area contributed by atoms with E-state index in [1.54, 1.807) is 12.1 Å². The Bertz CT molecular complexity index is 738. The van der Waals surface area contributed by atoms with E-state index < -0.39 is 17.4 Å². The number of carbonyl (C=O) groups is 1. The highest BCUT2D eigenvalue weighted by Gasteiger charge is 2.18. The average molecular weight is 338 g/mol. The van der Waals surface area contributed by atoms with E-state index in [2.05, 4.69) is 10.3 Å². The molecule has 0 spiro atoms. The first-order chi connectivity index (χ1) is 11.0. The van der Waals surface area contributed by atoms with Gasteiger partial charge < -0.3 is 14.8 Å². The van der Waals surface area contributed by atoms with Gasteiger partial charge in [-0.15, -0.1) is 0 Å². The fourth-order valence-electron chi connectivity index (χ4n) is 1.70. The number of benzene rings is 1. The van der Waals surface area contributed by atoms with E-state index in [1.807, 2.05) is 0 Å². The van der Waals surface area contributed by atoms with Gasteiger partial charge in [0.05, 0.1) is 23.8 Å². The van der Waals surface area contributed by atoms with Gasteiger partial charge in [0.1, 0.15) is 5.75 Å². The predicted octanol–water partition coefficient (Wildman–Crippen LogP) is 2.67. The first kappa shape index (κ1) is 16.5. The molecule has 0 atom stereocenters. The Hall–Kier alpha value is -2.87. The minimum Gasteiger partial charge on any atom is -0.496 e. The predicted molar refractivity (Wildman–Crippen MR) is 83.0 cm³/mol. The van der Waals surface area contributed by atoms with E-state index in [0.717, 1.165) is 0 Å². The second-order valence-electron chi connectivity index (χ2n) is 4.27. The van der Waals surface area contributed by atoms with Crippen molar-refractivity contribution in [3.05, 3.63) is 51.8 Å². The van der Waals surface area contributed by atoms with Crippen LogP contribution in [0.3, 0.4) is 0 Å². The molecule has 0 aliphatic rings. The Morgan fingerprint density at radius 3 is 2.87 bits per heavy atom. The molecule has 1 heterocycles. The molecule has 23 heavy (non-hydrogen) atoms. The number of amides is 1. The zero-order valence-electron chi connectivity index (χ0n) is 12.0. The van der Waals surface area contributed by atoms with Crippen molar-refractivity contribution in [2.45, 2.75) is 0 Å². The van der Waals surface area contributed by atoms with E-state index in [1.165, 1.54) is 31.5 Å². The van der Waals surface area contributed by atoms with E-state index in [9.17, 15) is 14.9 Å². The second kappa shape index (κ2) is 7.41.